The maximum Gasteiger partial charge on any atom is 0.347 e. The van der Waals surface area contributed by atoms with Crippen LogP contribution < -0.4 is 30.2 Å². The third-order valence-corrected chi connectivity index (χ3v) is 5.17. The molecule has 5 rings (SSSR count). The van der Waals surface area contributed by atoms with Gasteiger partial charge in [0.1, 0.15) is 6.26 Å². The lowest BCUT2D eigenvalue weighted by Crippen LogP contribution is -2.05. The fraction of sp³-hybridized carbons (Fsp3) is 0.174. The summed E-state index contributed by atoms with van der Waals surface area (Å²) in [6.07, 6.45) is 1.20. The summed E-state index contributed by atoms with van der Waals surface area (Å²) in [6.45, 7) is 0. The molecule has 35 heavy (non-hydrogen) atoms. The summed E-state index contributed by atoms with van der Waals surface area (Å²) >= 11 is 0. The number of aromatic nitrogens is 3. The number of hydrogen-bond acceptors (Lipinski definition) is 12. The molecule has 0 aliphatic heterocycles. The zero-order chi connectivity index (χ0) is 24.7. The Morgan fingerprint density at radius 1 is 0.600 bits per heavy atom. The first-order valence-corrected chi connectivity index (χ1v) is 10.1. The minimum atomic E-state index is -0.679. The minimum Gasteiger partial charge on any atom is -0.493 e. The molecule has 0 unspecified atom stereocenters. The van der Waals surface area contributed by atoms with Crippen LogP contribution in [0.2, 0.25) is 0 Å². The van der Waals surface area contributed by atoms with Gasteiger partial charge in [-0.2, -0.15) is 4.98 Å². The number of rotatable bonds is 6. The van der Waals surface area contributed by atoms with E-state index in [-0.39, 0.29) is 39.7 Å². The fourth-order valence-electron chi connectivity index (χ4n) is 3.47. The van der Waals surface area contributed by atoms with Crippen molar-refractivity contribution in [3.8, 4) is 46.4 Å². The summed E-state index contributed by atoms with van der Waals surface area (Å²) in [4.78, 5) is 38.0. The van der Waals surface area contributed by atoms with E-state index in [1.54, 1.807) is 6.07 Å². The zero-order valence-electron chi connectivity index (χ0n) is 18.9. The topological polar surface area (TPSA) is 149 Å². The summed E-state index contributed by atoms with van der Waals surface area (Å²) in [5.74, 6) is 1.06. The Hall–Kier alpha value is -4.87. The molecule has 0 spiro atoms. The molecule has 12 nitrogen and oxygen atoms in total. The van der Waals surface area contributed by atoms with Crippen molar-refractivity contribution in [2.45, 2.75) is 0 Å². The summed E-state index contributed by atoms with van der Waals surface area (Å²) in [5.41, 5.74) is -0.667. The second kappa shape index (κ2) is 8.48. The number of oxazole rings is 1. The van der Waals surface area contributed by atoms with Crippen LogP contribution in [-0.2, 0) is 0 Å². The van der Waals surface area contributed by atoms with Gasteiger partial charge >= 0.3 is 11.3 Å². The molecule has 3 heterocycles. The molecule has 0 amide bonds. The first kappa shape index (κ1) is 21.9. The predicted molar refractivity (Wildman–Crippen MR) is 121 cm³/mol. The largest absolute Gasteiger partial charge is 0.493 e. The number of nitrogens with zero attached hydrogens (tertiary/aromatic N) is 3. The fourth-order valence-corrected chi connectivity index (χ4v) is 3.47. The molecular weight excluding hydrogens is 462 g/mol. The molecule has 12 heteroatoms. The second-order valence-corrected chi connectivity index (χ2v) is 7.10. The van der Waals surface area contributed by atoms with Gasteiger partial charge in [0.2, 0.25) is 0 Å². The van der Waals surface area contributed by atoms with Crippen LogP contribution in [0.15, 0.2) is 53.4 Å². The van der Waals surface area contributed by atoms with Crippen LogP contribution in [-0.4, -0.2) is 43.4 Å². The maximum atomic E-state index is 12.6. The van der Waals surface area contributed by atoms with Crippen LogP contribution in [0.1, 0.15) is 0 Å². The van der Waals surface area contributed by atoms with Crippen molar-refractivity contribution in [2.24, 2.45) is 0 Å². The lowest BCUT2D eigenvalue weighted by molar-refractivity contribution is 0.355. The van der Waals surface area contributed by atoms with Crippen molar-refractivity contribution in [3.05, 3.63) is 51.4 Å². The van der Waals surface area contributed by atoms with Gasteiger partial charge < -0.3 is 32.2 Å². The highest BCUT2D eigenvalue weighted by Gasteiger charge is 2.20. The number of hydrogen-bond donors (Lipinski definition) is 0. The predicted octanol–water partition coefficient (Wildman–Crippen LogP) is 3.05. The minimum absolute atomic E-state index is 0.0886. The van der Waals surface area contributed by atoms with Gasteiger partial charge in [0.05, 0.1) is 50.2 Å². The highest BCUT2D eigenvalue weighted by Crippen LogP contribution is 2.33. The van der Waals surface area contributed by atoms with E-state index in [2.05, 4.69) is 15.0 Å². The van der Waals surface area contributed by atoms with Gasteiger partial charge in [-0.05, 0) is 0 Å². The van der Waals surface area contributed by atoms with E-state index < -0.39 is 11.3 Å². The number of ether oxygens (including phenoxy) is 4. The molecule has 3 aromatic heterocycles. The van der Waals surface area contributed by atoms with Gasteiger partial charge in [0.15, 0.2) is 28.7 Å². The normalized spacial score (nSPS) is 11.1. The van der Waals surface area contributed by atoms with Gasteiger partial charge in [0, 0.05) is 24.3 Å². The van der Waals surface area contributed by atoms with Crippen molar-refractivity contribution in [1.82, 2.24) is 15.0 Å². The molecule has 0 saturated heterocycles. The van der Waals surface area contributed by atoms with E-state index in [0.717, 1.165) is 0 Å². The van der Waals surface area contributed by atoms with Gasteiger partial charge in [-0.3, -0.25) is 0 Å². The summed E-state index contributed by atoms with van der Waals surface area (Å²) < 4.78 is 37.0. The maximum absolute atomic E-state index is 12.6. The molecule has 0 aliphatic carbocycles. The lowest BCUT2D eigenvalue weighted by Gasteiger charge is -2.08. The molecule has 0 radical (unpaired) electrons. The highest BCUT2D eigenvalue weighted by molar-refractivity contribution is 5.83. The standard InChI is InChI=1S/C23H17N3O9/c1-29-15-5-10-12(7-17(15)31-3)24-19(34-22(10)27)14-9-33-20(26-14)21-25-13-8-18(32-4)16(30-2)6-11(13)23(28)35-21/h5-9H,1-4H3. The van der Waals surface area contributed by atoms with Gasteiger partial charge in [0.25, 0.3) is 17.7 Å². The smallest absolute Gasteiger partial charge is 0.347 e. The van der Waals surface area contributed by atoms with E-state index in [1.165, 1.54) is 52.9 Å². The summed E-state index contributed by atoms with van der Waals surface area (Å²) in [5, 5.41) is 0.381. The molecule has 178 valence electrons. The molecular formula is C23H17N3O9. The van der Waals surface area contributed by atoms with Crippen LogP contribution in [0.4, 0.5) is 0 Å². The highest BCUT2D eigenvalue weighted by atomic mass is 16.5. The number of benzene rings is 2. The van der Waals surface area contributed by atoms with Crippen LogP contribution in [0.3, 0.4) is 0 Å². The quantitative estimate of drug-likeness (QED) is 0.352. The van der Waals surface area contributed by atoms with Crippen molar-refractivity contribution < 1.29 is 32.2 Å². The van der Waals surface area contributed by atoms with Crippen LogP contribution in [0.25, 0.3) is 45.2 Å². The van der Waals surface area contributed by atoms with E-state index in [0.29, 0.717) is 28.5 Å². The number of fused-ring (bicyclic) bond motifs is 2. The summed E-state index contributed by atoms with van der Waals surface area (Å²) in [6, 6.07) is 6.02. The first-order chi connectivity index (χ1) is 16.9. The van der Waals surface area contributed by atoms with Crippen LogP contribution in [0, 0.1) is 0 Å². The van der Waals surface area contributed by atoms with E-state index in [1.807, 2.05) is 0 Å². The Kier molecular flexibility index (Phi) is 5.32. The second-order valence-electron chi connectivity index (χ2n) is 7.10. The van der Waals surface area contributed by atoms with Gasteiger partial charge in [-0.15, -0.1) is 0 Å². The Morgan fingerprint density at radius 2 is 1.06 bits per heavy atom. The zero-order valence-corrected chi connectivity index (χ0v) is 18.9. The molecule has 0 saturated carbocycles. The first-order valence-electron chi connectivity index (χ1n) is 10.1. The van der Waals surface area contributed by atoms with Crippen molar-refractivity contribution in [3.63, 3.8) is 0 Å². The molecule has 0 N–H and O–H groups in total. The average Bonchev–Trinajstić information content (AvgIpc) is 3.37. The molecule has 0 aliphatic rings. The Bertz CT molecular complexity index is 1580. The van der Waals surface area contributed by atoms with Crippen LogP contribution in [0.5, 0.6) is 23.0 Å². The van der Waals surface area contributed by atoms with Crippen molar-refractivity contribution >= 4 is 21.8 Å². The molecule has 0 atom stereocenters. The van der Waals surface area contributed by atoms with Crippen LogP contribution >= 0.6 is 0 Å². The Morgan fingerprint density at radius 3 is 1.57 bits per heavy atom. The summed E-state index contributed by atoms with van der Waals surface area (Å²) in [7, 11) is 5.84. The van der Waals surface area contributed by atoms with Gasteiger partial charge in [-0.25, -0.2) is 19.6 Å². The van der Waals surface area contributed by atoms with Gasteiger partial charge in [-0.1, -0.05) is 0 Å². The third-order valence-electron chi connectivity index (χ3n) is 5.17. The molecule has 5 aromatic rings. The molecule has 2 aromatic carbocycles. The third kappa shape index (κ3) is 3.70. The Labute approximate surface area is 195 Å². The van der Waals surface area contributed by atoms with E-state index in [9.17, 15) is 9.59 Å². The lowest BCUT2D eigenvalue weighted by atomic mass is 10.2. The average molecular weight is 479 g/mol. The van der Waals surface area contributed by atoms with Crippen molar-refractivity contribution in [2.75, 3.05) is 28.4 Å². The molecule has 0 fully saturated rings. The number of methoxy groups -OCH3 is 4. The van der Waals surface area contributed by atoms with E-state index >= 15 is 0 Å². The Balaban J connectivity index is 1.59. The molecule has 0 bridgehead atoms. The monoisotopic (exact) mass is 479 g/mol. The van der Waals surface area contributed by atoms with E-state index in [4.69, 9.17) is 32.2 Å². The SMILES string of the molecule is COc1cc2nc(-c3coc(-c4nc5cc(OC)c(OC)cc5c(=O)o4)n3)oc(=O)c2cc1OC. The van der Waals surface area contributed by atoms with Crippen molar-refractivity contribution in [1.29, 1.82) is 0 Å².